The van der Waals surface area contributed by atoms with Crippen LogP contribution < -0.4 is 21.3 Å². The molecule has 0 saturated carbocycles. The molecule has 0 aliphatic carbocycles. The second-order valence-electron chi connectivity index (χ2n) is 11.4. The van der Waals surface area contributed by atoms with Crippen LogP contribution in [-0.4, -0.2) is 34.4 Å². The zero-order valence-electron chi connectivity index (χ0n) is 24.0. The molecular weight excluding hydrogens is 622 g/mol. The van der Waals surface area contributed by atoms with Gasteiger partial charge in [0, 0.05) is 23.5 Å². The number of rotatable bonds is 7. The predicted octanol–water partition coefficient (Wildman–Crippen LogP) is 9.10. The molecule has 0 aliphatic rings. The Morgan fingerprint density at radius 2 is 1.14 bits per heavy atom. The lowest BCUT2D eigenvalue weighted by Gasteiger charge is -2.33. The van der Waals surface area contributed by atoms with Gasteiger partial charge in [-0.1, -0.05) is 97.5 Å². The summed E-state index contributed by atoms with van der Waals surface area (Å²) in [5.41, 5.74) is 1.73. The highest BCUT2D eigenvalue weighted by Crippen LogP contribution is 2.35. The van der Waals surface area contributed by atoms with Gasteiger partial charge >= 0.3 is 12.1 Å². The molecule has 4 amide bonds. The quantitative estimate of drug-likeness (QED) is 0.142. The van der Waals surface area contributed by atoms with Gasteiger partial charge in [0.2, 0.25) is 0 Å². The molecule has 0 unspecified atom stereocenters. The molecular formula is C30H36Cl4N4O4. The van der Waals surface area contributed by atoms with E-state index in [1.807, 2.05) is 44.2 Å². The van der Waals surface area contributed by atoms with Gasteiger partial charge in [-0.3, -0.25) is 0 Å². The molecule has 228 valence electrons. The van der Waals surface area contributed by atoms with E-state index in [1.54, 1.807) is 0 Å². The Hall–Kier alpha value is -3.04. The lowest BCUT2D eigenvalue weighted by Crippen LogP contribution is -2.47. The van der Waals surface area contributed by atoms with E-state index in [4.69, 9.17) is 46.4 Å². The number of phenolic OH excluding ortho intramolecular Hbond substituents is 2. The number of nitrogens with one attached hydrogen (secondary N) is 4. The van der Waals surface area contributed by atoms with Crippen LogP contribution in [0.1, 0.15) is 46.6 Å². The van der Waals surface area contributed by atoms with Crippen LogP contribution in [0.5, 0.6) is 11.5 Å². The number of anilines is 2. The smallest absolute Gasteiger partial charge is 0.319 e. The maximum Gasteiger partial charge on any atom is 0.319 e. The molecule has 0 radical (unpaired) electrons. The van der Waals surface area contributed by atoms with E-state index in [-0.39, 0.29) is 54.6 Å². The average molecular weight is 658 g/mol. The molecule has 3 aromatic carbocycles. The van der Waals surface area contributed by atoms with Crippen molar-refractivity contribution in [1.82, 2.24) is 10.6 Å². The summed E-state index contributed by atoms with van der Waals surface area (Å²) in [5.74, 6) is -0.397. The van der Waals surface area contributed by atoms with Crippen LogP contribution in [0.4, 0.5) is 21.0 Å². The van der Waals surface area contributed by atoms with Crippen LogP contribution in [0.25, 0.3) is 0 Å². The van der Waals surface area contributed by atoms with Gasteiger partial charge in [0.15, 0.2) is 11.5 Å². The predicted molar refractivity (Wildman–Crippen MR) is 174 cm³/mol. The van der Waals surface area contributed by atoms with Crippen molar-refractivity contribution >= 4 is 69.8 Å². The van der Waals surface area contributed by atoms with E-state index in [0.717, 1.165) is 18.4 Å². The molecule has 0 heterocycles. The molecule has 3 aromatic rings. The SMILES string of the molecule is CC(C)(C)CC(C)(C)NC(=O)Nc1cc(Cl)c(O)c(Cl)c1.O=C(NCCc1ccccc1)Nc1cc(Cl)c(O)c(Cl)c1. The van der Waals surface area contributed by atoms with Gasteiger partial charge in [0.25, 0.3) is 0 Å². The zero-order valence-corrected chi connectivity index (χ0v) is 27.1. The van der Waals surface area contributed by atoms with Crippen molar-refractivity contribution in [2.75, 3.05) is 17.2 Å². The topological polar surface area (TPSA) is 123 Å². The number of carbonyl (C=O) groups is 2. The van der Waals surface area contributed by atoms with Crippen LogP contribution in [0, 0.1) is 5.41 Å². The summed E-state index contributed by atoms with van der Waals surface area (Å²) >= 11 is 23.2. The third-order valence-corrected chi connectivity index (χ3v) is 6.67. The Bertz CT molecular complexity index is 1330. The monoisotopic (exact) mass is 656 g/mol. The second kappa shape index (κ2) is 15.4. The van der Waals surface area contributed by atoms with Gasteiger partial charge < -0.3 is 31.5 Å². The first-order chi connectivity index (χ1) is 19.5. The Morgan fingerprint density at radius 3 is 1.57 bits per heavy atom. The summed E-state index contributed by atoms with van der Waals surface area (Å²) in [7, 11) is 0. The molecule has 0 atom stereocenters. The van der Waals surface area contributed by atoms with Crippen LogP contribution in [0.2, 0.25) is 20.1 Å². The number of amides is 4. The van der Waals surface area contributed by atoms with Crippen molar-refractivity contribution in [2.45, 2.75) is 53.0 Å². The first kappa shape index (κ1) is 35.2. The van der Waals surface area contributed by atoms with Crippen LogP contribution in [-0.2, 0) is 6.42 Å². The molecule has 0 bridgehead atoms. The highest BCUT2D eigenvalue weighted by atomic mass is 35.5. The number of urea groups is 2. The number of benzene rings is 3. The number of hydrogen-bond donors (Lipinski definition) is 6. The summed E-state index contributed by atoms with van der Waals surface area (Å²) in [6, 6.07) is 14.9. The van der Waals surface area contributed by atoms with E-state index in [1.165, 1.54) is 24.3 Å². The summed E-state index contributed by atoms with van der Waals surface area (Å²) in [4.78, 5) is 23.8. The summed E-state index contributed by atoms with van der Waals surface area (Å²) in [5, 5.41) is 30.2. The van der Waals surface area contributed by atoms with Gasteiger partial charge in [-0.25, -0.2) is 9.59 Å². The third kappa shape index (κ3) is 12.4. The van der Waals surface area contributed by atoms with Crippen molar-refractivity contribution in [2.24, 2.45) is 5.41 Å². The fourth-order valence-electron chi connectivity index (χ4n) is 4.26. The molecule has 12 heteroatoms. The highest BCUT2D eigenvalue weighted by Gasteiger charge is 2.27. The summed E-state index contributed by atoms with van der Waals surface area (Å²) in [6.45, 7) is 10.8. The van der Waals surface area contributed by atoms with Crippen molar-refractivity contribution in [3.05, 3.63) is 80.3 Å². The lowest BCUT2D eigenvalue weighted by atomic mass is 9.82. The Morgan fingerprint density at radius 1 is 0.714 bits per heavy atom. The van der Waals surface area contributed by atoms with Crippen LogP contribution in [0.3, 0.4) is 0 Å². The number of phenols is 2. The van der Waals surface area contributed by atoms with Gasteiger partial charge in [0.05, 0.1) is 20.1 Å². The van der Waals surface area contributed by atoms with Crippen LogP contribution >= 0.6 is 46.4 Å². The molecule has 6 N–H and O–H groups in total. The van der Waals surface area contributed by atoms with Crippen molar-refractivity contribution in [3.63, 3.8) is 0 Å². The minimum Gasteiger partial charge on any atom is -0.505 e. The molecule has 42 heavy (non-hydrogen) atoms. The number of aromatic hydroxyl groups is 2. The largest absolute Gasteiger partial charge is 0.505 e. The lowest BCUT2D eigenvalue weighted by molar-refractivity contribution is 0.220. The Kier molecular flexibility index (Phi) is 12.9. The van der Waals surface area contributed by atoms with Gasteiger partial charge in [-0.05, 0) is 61.9 Å². The molecule has 3 rings (SSSR count). The van der Waals surface area contributed by atoms with Crippen LogP contribution in [0.15, 0.2) is 54.6 Å². The van der Waals surface area contributed by atoms with E-state index in [0.29, 0.717) is 17.9 Å². The molecule has 0 fully saturated rings. The molecule has 8 nitrogen and oxygen atoms in total. The van der Waals surface area contributed by atoms with Gasteiger partial charge in [-0.2, -0.15) is 0 Å². The van der Waals surface area contributed by atoms with Crippen molar-refractivity contribution in [1.29, 1.82) is 0 Å². The number of hydrogen-bond acceptors (Lipinski definition) is 4. The standard InChI is InChI=1S/C15H14Cl2N2O2.C15H22Cl2N2O2/c16-12-8-11(9-13(17)14(12)20)19-15(21)18-7-6-10-4-2-1-3-5-10;1-14(2,3)8-15(4,5)19-13(21)18-9-6-10(16)12(20)11(17)7-9/h1-5,8-9,20H,6-7H2,(H2,18,19,21);6-7,20H,8H2,1-5H3,(H2,18,19,21). The highest BCUT2D eigenvalue weighted by molar-refractivity contribution is 6.38. The van der Waals surface area contributed by atoms with Crippen molar-refractivity contribution in [3.8, 4) is 11.5 Å². The van der Waals surface area contributed by atoms with E-state index in [2.05, 4.69) is 42.0 Å². The molecule has 0 spiro atoms. The minimum atomic E-state index is -0.358. The molecule has 0 aliphatic heterocycles. The first-order valence-corrected chi connectivity index (χ1v) is 14.5. The van der Waals surface area contributed by atoms with Crippen molar-refractivity contribution < 1.29 is 19.8 Å². The molecule has 0 aromatic heterocycles. The maximum absolute atomic E-state index is 12.1. The Balaban J connectivity index is 0.000000293. The van der Waals surface area contributed by atoms with Gasteiger partial charge in [0.1, 0.15) is 0 Å². The maximum atomic E-state index is 12.1. The zero-order chi connectivity index (χ0) is 31.7. The summed E-state index contributed by atoms with van der Waals surface area (Å²) < 4.78 is 0. The fraction of sp³-hybridized carbons (Fsp3) is 0.333. The third-order valence-electron chi connectivity index (χ3n) is 5.52. The summed E-state index contributed by atoms with van der Waals surface area (Å²) in [6.07, 6.45) is 1.57. The van der Waals surface area contributed by atoms with E-state index < -0.39 is 0 Å². The first-order valence-electron chi connectivity index (χ1n) is 13.0. The average Bonchev–Trinajstić information content (AvgIpc) is 2.85. The molecule has 0 saturated heterocycles. The Labute approximate surface area is 266 Å². The fourth-order valence-corrected chi connectivity index (χ4v) is 5.23. The van der Waals surface area contributed by atoms with Gasteiger partial charge in [-0.15, -0.1) is 0 Å². The second-order valence-corrected chi connectivity index (χ2v) is 13.0. The number of halogens is 4. The minimum absolute atomic E-state index is 0.0853. The van der Waals surface area contributed by atoms with E-state index in [9.17, 15) is 19.8 Å². The normalized spacial score (nSPS) is 11.2. The number of carbonyl (C=O) groups excluding carboxylic acids is 2. The van der Waals surface area contributed by atoms with E-state index >= 15 is 0 Å².